The fraction of sp³-hybridized carbons (Fsp3) is 0.350. The van der Waals surface area contributed by atoms with E-state index in [1.54, 1.807) is 4.57 Å². The minimum atomic E-state index is 0.00546. The molecule has 1 aliphatic carbocycles. The fourth-order valence-corrected chi connectivity index (χ4v) is 3.37. The second-order valence-electron chi connectivity index (χ2n) is 7.45. The van der Waals surface area contributed by atoms with Crippen molar-refractivity contribution in [1.82, 2.24) is 19.3 Å². The summed E-state index contributed by atoms with van der Waals surface area (Å²) in [6.45, 7) is 5.41. The van der Waals surface area contributed by atoms with Gasteiger partial charge in [0, 0.05) is 50.9 Å². The number of hydrogen-bond donors (Lipinski definition) is 0. The standard InChI is InChI=1S/C12H13N3O2.C8H11NOSi/c16-9-7-8(13-1-2-13)12(17)11(15-5-6-15)10(9)14-3-4-14;1-9(11)8(10)7-5-3-2-4-6-7/h7H,1-6H2;2-6H,1,11H3. The minimum Gasteiger partial charge on any atom is -0.377 e. The van der Waals surface area contributed by atoms with E-state index in [2.05, 4.69) is 0 Å². The molecule has 0 spiro atoms. The van der Waals surface area contributed by atoms with Crippen LogP contribution in [-0.4, -0.2) is 93.5 Å². The Kier molecular flexibility index (Phi) is 4.80. The Bertz CT molecular complexity index is 882. The molecule has 0 unspecified atom stereocenters. The van der Waals surface area contributed by atoms with E-state index in [0.29, 0.717) is 17.1 Å². The molecule has 4 aliphatic rings. The summed E-state index contributed by atoms with van der Waals surface area (Å²) in [6, 6.07) is 9.31. The third-order valence-electron chi connectivity index (χ3n) is 4.91. The van der Waals surface area contributed by atoms with Gasteiger partial charge in [-0.25, -0.2) is 0 Å². The van der Waals surface area contributed by atoms with Gasteiger partial charge in [0.25, 0.3) is 0 Å². The second-order valence-corrected chi connectivity index (χ2v) is 8.79. The quantitative estimate of drug-likeness (QED) is 0.378. The molecule has 3 fully saturated rings. The number of amides is 1. The lowest BCUT2D eigenvalue weighted by Gasteiger charge is -2.21. The average molecular weight is 397 g/mol. The first-order chi connectivity index (χ1) is 13.5. The highest BCUT2D eigenvalue weighted by Gasteiger charge is 2.43. The van der Waals surface area contributed by atoms with Crippen molar-refractivity contribution in [3.8, 4) is 0 Å². The van der Waals surface area contributed by atoms with E-state index in [-0.39, 0.29) is 17.5 Å². The SMILES string of the molecule is CN([SiH3])C(=O)c1ccccc1.O=C1C=C(N2CC2)C(=O)C(N2CC2)=C1N1CC1. The summed E-state index contributed by atoms with van der Waals surface area (Å²) in [5.41, 5.74) is 2.66. The van der Waals surface area contributed by atoms with Gasteiger partial charge in [0.15, 0.2) is 0 Å². The zero-order chi connectivity index (χ0) is 19.8. The highest BCUT2D eigenvalue weighted by molar-refractivity contribution is 6.22. The van der Waals surface area contributed by atoms with Crippen LogP contribution in [-0.2, 0) is 9.59 Å². The number of Topliss-reactive ketones (excluding diaryl/α,β-unsaturated/α-hetero) is 1. The van der Waals surface area contributed by atoms with Crippen LogP contribution in [0.5, 0.6) is 0 Å². The van der Waals surface area contributed by atoms with E-state index in [4.69, 9.17) is 0 Å². The third kappa shape index (κ3) is 3.86. The normalized spacial score (nSPS) is 19.9. The Hall–Kier alpha value is -2.87. The number of allylic oxidation sites excluding steroid dienone is 1. The number of carbonyl (C=O) groups excluding carboxylic acids is 3. The molecular weight excluding hydrogens is 372 g/mol. The zero-order valence-corrected chi connectivity index (χ0v) is 18.2. The summed E-state index contributed by atoms with van der Waals surface area (Å²) < 4.78 is 1.70. The first-order valence-electron chi connectivity index (χ1n) is 9.54. The van der Waals surface area contributed by atoms with Gasteiger partial charge in [-0.2, -0.15) is 0 Å². The Labute approximate surface area is 167 Å². The molecular formula is C20H24N4O3Si. The Balaban J connectivity index is 0.000000153. The predicted molar refractivity (Wildman–Crippen MR) is 108 cm³/mol. The van der Waals surface area contributed by atoms with Crippen LogP contribution in [0.1, 0.15) is 10.4 Å². The molecule has 0 N–H and O–H groups in total. The number of hydrogen-bond acceptors (Lipinski definition) is 6. The lowest BCUT2D eigenvalue weighted by atomic mass is 10.0. The second kappa shape index (κ2) is 7.27. The van der Waals surface area contributed by atoms with Gasteiger partial charge < -0.3 is 19.3 Å². The number of carbonyl (C=O) groups is 3. The lowest BCUT2D eigenvalue weighted by molar-refractivity contribution is -0.117. The molecule has 5 rings (SSSR count). The van der Waals surface area contributed by atoms with Crippen molar-refractivity contribution in [2.45, 2.75) is 0 Å². The molecule has 28 heavy (non-hydrogen) atoms. The average Bonchev–Trinajstić information content (AvgIpc) is 3.55. The van der Waals surface area contributed by atoms with Crippen LogP contribution in [0.15, 0.2) is 53.5 Å². The number of benzene rings is 1. The molecule has 3 heterocycles. The summed E-state index contributed by atoms with van der Waals surface area (Å²) >= 11 is 0. The smallest absolute Gasteiger partial charge is 0.245 e. The van der Waals surface area contributed by atoms with Crippen molar-refractivity contribution in [2.75, 3.05) is 46.3 Å². The van der Waals surface area contributed by atoms with Gasteiger partial charge in [-0.15, -0.1) is 0 Å². The summed E-state index contributed by atoms with van der Waals surface area (Å²) in [5, 5.41) is 0. The number of ketones is 2. The summed E-state index contributed by atoms with van der Waals surface area (Å²) in [7, 11) is 2.58. The van der Waals surface area contributed by atoms with Gasteiger partial charge in [0.05, 0.1) is 5.70 Å². The first kappa shape index (κ1) is 18.5. The summed E-state index contributed by atoms with van der Waals surface area (Å²) in [5.74, 6) is 0.157. The van der Waals surface area contributed by atoms with E-state index in [1.807, 2.05) is 52.1 Å². The molecule has 0 bridgehead atoms. The van der Waals surface area contributed by atoms with E-state index >= 15 is 0 Å². The van der Waals surface area contributed by atoms with Gasteiger partial charge in [0.2, 0.25) is 17.5 Å². The molecule has 7 nitrogen and oxygen atoms in total. The van der Waals surface area contributed by atoms with Crippen molar-refractivity contribution in [3.63, 3.8) is 0 Å². The third-order valence-corrected chi connectivity index (χ3v) is 5.32. The summed E-state index contributed by atoms with van der Waals surface area (Å²) in [4.78, 5) is 41.8. The van der Waals surface area contributed by atoms with E-state index in [1.165, 1.54) is 6.08 Å². The van der Waals surface area contributed by atoms with Crippen LogP contribution in [0.25, 0.3) is 0 Å². The molecule has 3 aliphatic heterocycles. The predicted octanol–water partition coefficient (Wildman–Crippen LogP) is -0.780. The van der Waals surface area contributed by atoms with Crippen LogP contribution in [0.2, 0.25) is 0 Å². The Morgan fingerprint density at radius 3 is 1.93 bits per heavy atom. The number of rotatable bonds is 4. The maximum Gasteiger partial charge on any atom is 0.245 e. The van der Waals surface area contributed by atoms with Crippen LogP contribution < -0.4 is 0 Å². The van der Waals surface area contributed by atoms with Gasteiger partial charge in [0.1, 0.15) is 21.8 Å². The molecule has 0 saturated carbocycles. The number of nitrogens with zero attached hydrogens (tertiary/aromatic N) is 4. The van der Waals surface area contributed by atoms with Crippen LogP contribution in [0.3, 0.4) is 0 Å². The Morgan fingerprint density at radius 2 is 1.43 bits per heavy atom. The summed E-state index contributed by atoms with van der Waals surface area (Å²) in [6.07, 6.45) is 1.52. The van der Waals surface area contributed by atoms with Gasteiger partial charge >= 0.3 is 0 Å². The fourth-order valence-electron chi connectivity index (χ4n) is 3.11. The van der Waals surface area contributed by atoms with Crippen molar-refractivity contribution >= 4 is 27.9 Å². The maximum atomic E-state index is 12.4. The molecule has 0 aromatic heterocycles. The van der Waals surface area contributed by atoms with Crippen molar-refractivity contribution < 1.29 is 14.4 Å². The Morgan fingerprint density at radius 1 is 0.893 bits per heavy atom. The largest absolute Gasteiger partial charge is 0.377 e. The monoisotopic (exact) mass is 396 g/mol. The van der Waals surface area contributed by atoms with Gasteiger partial charge in [-0.1, -0.05) is 18.2 Å². The van der Waals surface area contributed by atoms with Crippen LogP contribution >= 0.6 is 0 Å². The maximum absolute atomic E-state index is 12.4. The molecule has 0 atom stereocenters. The zero-order valence-electron chi connectivity index (χ0n) is 16.2. The van der Waals surface area contributed by atoms with E-state index in [9.17, 15) is 14.4 Å². The van der Waals surface area contributed by atoms with Crippen molar-refractivity contribution in [1.29, 1.82) is 0 Å². The van der Waals surface area contributed by atoms with Gasteiger partial charge in [-0.05, 0) is 19.2 Å². The molecule has 0 radical (unpaired) electrons. The van der Waals surface area contributed by atoms with Gasteiger partial charge in [-0.3, -0.25) is 14.4 Å². The van der Waals surface area contributed by atoms with Crippen molar-refractivity contribution in [2.24, 2.45) is 0 Å². The van der Waals surface area contributed by atoms with E-state index in [0.717, 1.165) is 55.2 Å². The van der Waals surface area contributed by atoms with Crippen LogP contribution in [0, 0.1) is 0 Å². The molecule has 3 saturated heterocycles. The van der Waals surface area contributed by atoms with Crippen LogP contribution in [0.4, 0.5) is 0 Å². The minimum absolute atomic E-state index is 0.00546. The molecule has 1 aromatic rings. The lowest BCUT2D eigenvalue weighted by Crippen LogP contribution is -2.29. The molecule has 8 heteroatoms. The van der Waals surface area contributed by atoms with Crippen molar-refractivity contribution in [3.05, 3.63) is 59.1 Å². The van der Waals surface area contributed by atoms with E-state index < -0.39 is 0 Å². The molecule has 146 valence electrons. The molecule has 1 amide bonds. The molecule has 1 aromatic carbocycles. The topological polar surface area (TPSA) is 63.5 Å². The highest BCUT2D eigenvalue weighted by Crippen LogP contribution is 2.33. The first-order valence-corrected chi connectivity index (χ1v) is 10.4. The highest BCUT2D eigenvalue weighted by atomic mass is 28.2.